The van der Waals surface area contributed by atoms with Crippen LogP contribution >= 0.6 is 0 Å². The summed E-state index contributed by atoms with van der Waals surface area (Å²) < 4.78 is 7.23. The van der Waals surface area contributed by atoms with E-state index in [4.69, 9.17) is 4.42 Å². The molecule has 1 amide bonds. The van der Waals surface area contributed by atoms with Gasteiger partial charge in [-0.25, -0.2) is 14.6 Å². The van der Waals surface area contributed by atoms with Crippen LogP contribution in [-0.4, -0.2) is 25.7 Å². The molecule has 0 aliphatic rings. The van der Waals surface area contributed by atoms with Crippen LogP contribution in [-0.2, 0) is 0 Å². The zero-order chi connectivity index (χ0) is 19.8. The molecular weight excluding hydrogens is 354 g/mol. The molecule has 2 aromatic carbocycles. The highest BCUT2D eigenvalue weighted by molar-refractivity contribution is 6.02. The monoisotopic (exact) mass is 375 g/mol. The zero-order valence-electron chi connectivity index (χ0n) is 16.2. The Morgan fingerprint density at radius 3 is 2.68 bits per heavy atom. The normalized spacial score (nSPS) is 11.3. The number of aromatic nitrogens is 4. The Bertz CT molecular complexity index is 1170. The van der Waals surface area contributed by atoms with Gasteiger partial charge >= 0.3 is 0 Å². The summed E-state index contributed by atoms with van der Waals surface area (Å²) in [5.41, 5.74) is 4.05. The highest BCUT2D eigenvalue weighted by Gasteiger charge is 2.18. The SMILES string of the molecule is Cc1nc2ccc(NC(=O)c3nc(C)n(-c4ccccc4C(C)C)n3)cc2o1. The van der Waals surface area contributed by atoms with Crippen molar-refractivity contribution in [2.24, 2.45) is 0 Å². The quantitative estimate of drug-likeness (QED) is 0.571. The van der Waals surface area contributed by atoms with E-state index < -0.39 is 0 Å². The predicted molar refractivity (Wildman–Crippen MR) is 107 cm³/mol. The Morgan fingerprint density at radius 2 is 1.89 bits per heavy atom. The maximum absolute atomic E-state index is 12.7. The summed E-state index contributed by atoms with van der Waals surface area (Å²) in [7, 11) is 0. The number of benzene rings is 2. The topological polar surface area (TPSA) is 85.8 Å². The average Bonchev–Trinajstić information content (AvgIpc) is 3.23. The van der Waals surface area contributed by atoms with E-state index in [0.717, 1.165) is 16.8 Å². The minimum absolute atomic E-state index is 0.116. The van der Waals surface area contributed by atoms with Crippen molar-refractivity contribution in [3.63, 3.8) is 0 Å². The van der Waals surface area contributed by atoms with Crippen LogP contribution in [0.4, 0.5) is 5.69 Å². The average molecular weight is 375 g/mol. The molecule has 0 spiro atoms. The molecule has 0 saturated carbocycles. The zero-order valence-corrected chi connectivity index (χ0v) is 16.2. The highest BCUT2D eigenvalue weighted by Crippen LogP contribution is 2.24. The number of aryl methyl sites for hydroxylation is 2. The molecule has 1 N–H and O–H groups in total. The molecule has 142 valence electrons. The summed E-state index contributed by atoms with van der Waals surface area (Å²) in [6.07, 6.45) is 0. The lowest BCUT2D eigenvalue weighted by Crippen LogP contribution is -2.14. The van der Waals surface area contributed by atoms with Crippen LogP contribution in [0.5, 0.6) is 0 Å². The van der Waals surface area contributed by atoms with Gasteiger partial charge in [0.2, 0.25) is 5.82 Å². The number of nitrogens with zero attached hydrogens (tertiary/aromatic N) is 4. The van der Waals surface area contributed by atoms with Gasteiger partial charge in [-0.15, -0.1) is 5.10 Å². The molecule has 0 unspecified atom stereocenters. The van der Waals surface area contributed by atoms with Crippen LogP contribution in [0.1, 0.15) is 47.7 Å². The number of hydrogen-bond acceptors (Lipinski definition) is 5. The van der Waals surface area contributed by atoms with Crippen molar-refractivity contribution in [3.8, 4) is 5.69 Å². The fourth-order valence-electron chi connectivity index (χ4n) is 3.19. The first-order chi connectivity index (χ1) is 13.4. The van der Waals surface area contributed by atoms with Crippen molar-refractivity contribution in [2.75, 3.05) is 5.32 Å². The number of oxazole rings is 1. The maximum atomic E-state index is 12.7. The number of nitrogens with one attached hydrogen (secondary N) is 1. The number of para-hydroxylation sites is 1. The maximum Gasteiger partial charge on any atom is 0.295 e. The van der Waals surface area contributed by atoms with E-state index in [1.165, 1.54) is 0 Å². The van der Waals surface area contributed by atoms with Gasteiger partial charge in [-0.2, -0.15) is 0 Å². The molecule has 4 rings (SSSR count). The number of anilines is 1. The molecule has 0 aliphatic carbocycles. The lowest BCUT2D eigenvalue weighted by Gasteiger charge is -2.12. The third-order valence-corrected chi connectivity index (χ3v) is 4.51. The summed E-state index contributed by atoms with van der Waals surface area (Å²) in [6, 6.07) is 13.3. The Morgan fingerprint density at radius 1 is 1.11 bits per heavy atom. The second-order valence-electron chi connectivity index (χ2n) is 6.98. The van der Waals surface area contributed by atoms with E-state index in [1.54, 1.807) is 29.8 Å². The van der Waals surface area contributed by atoms with E-state index in [9.17, 15) is 4.79 Å². The fraction of sp³-hybridized carbons (Fsp3) is 0.238. The summed E-state index contributed by atoms with van der Waals surface area (Å²) >= 11 is 0. The Labute approximate surface area is 162 Å². The van der Waals surface area contributed by atoms with Crippen molar-refractivity contribution in [1.29, 1.82) is 0 Å². The second-order valence-corrected chi connectivity index (χ2v) is 6.98. The summed E-state index contributed by atoms with van der Waals surface area (Å²) in [6.45, 7) is 7.87. The molecule has 0 aliphatic heterocycles. The predicted octanol–water partition coefficient (Wildman–Crippen LogP) is 4.40. The fourth-order valence-corrected chi connectivity index (χ4v) is 3.19. The number of fused-ring (bicyclic) bond motifs is 1. The molecule has 7 nitrogen and oxygen atoms in total. The number of carbonyl (C=O) groups is 1. The third-order valence-electron chi connectivity index (χ3n) is 4.51. The number of carbonyl (C=O) groups excluding carboxylic acids is 1. The standard InChI is InChI=1S/C21H21N5O2/c1-12(2)16-7-5-6-8-18(16)26-13(3)22-20(25-26)21(27)24-15-9-10-17-19(11-15)28-14(4)23-17/h5-12H,1-4H3,(H,24,27). The summed E-state index contributed by atoms with van der Waals surface area (Å²) in [4.78, 5) is 21.3. The van der Waals surface area contributed by atoms with Crippen LogP contribution < -0.4 is 5.32 Å². The number of amides is 1. The van der Waals surface area contributed by atoms with Gasteiger partial charge in [-0.05, 0) is 36.6 Å². The molecule has 0 saturated heterocycles. The molecule has 0 fully saturated rings. The summed E-state index contributed by atoms with van der Waals surface area (Å²) in [5.74, 6) is 1.30. The van der Waals surface area contributed by atoms with Crippen LogP contribution in [0.2, 0.25) is 0 Å². The van der Waals surface area contributed by atoms with Gasteiger partial charge in [0.1, 0.15) is 11.3 Å². The van der Waals surface area contributed by atoms with Gasteiger partial charge in [0.25, 0.3) is 5.91 Å². The smallest absolute Gasteiger partial charge is 0.295 e. The number of rotatable bonds is 4. The van der Waals surface area contributed by atoms with E-state index in [-0.39, 0.29) is 11.7 Å². The Balaban J connectivity index is 1.63. The lowest BCUT2D eigenvalue weighted by molar-refractivity contribution is 0.101. The second kappa shape index (κ2) is 6.92. The molecular formula is C21H21N5O2. The van der Waals surface area contributed by atoms with E-state index >= 15 is 0 Å². The van der Waals surface area contributed by atoms with Gasteiger partial charge in [0.05, 0.1) is 5.69 Å². The summed E-state index contributed by atoms with van der Waals surface area (Å²) in [5, 5.41) is 7.27. The first kappa shape index (κ1) is 17.9. The molecule has 7 heteroatoms. The molecule has 0 radical (unpaired) electrons. The minimum atomic E-state index is -0.375. The van der Waals surface area contributed by atoms with Gasteiger partial charge in [-0.3, -0.25) is 4.79 Å². The van der Waals surface area contributed by atoms with E-state index in [1.807, 2.05) is 25.1 Å². The molecule has 28 heavy (non-hydrogen) atoms. The van der Waals surface area contributed by atoms with Gasteiger partial charge in [0, 0.05) is 18.7 Å². The third kappa shape index (κ3) is 3.26. The molecule has 4 aromatic rings. The Kier molecular flexibility index (Phi) is 4.43. The van der Waals surface area contributed by atoms with Crippen molar-refractivity contribution < 1.29 is 9.21 Å². The highest BCUT2D eigenvalue weighted by atomic mass is 16.3. The van der Waals surface area contributed by atoms with Crippen LogP contribution in [0.15, 0.2) is 46.9 Å². The van der Waals surface area contributed by atoms with Crippen molar-refractivity contribution in [3.05, 3.63) is 65.6 Å². The van der Waals surface area contributed by atoms with E-state index in [2.05, 4.69) is 40.3 Å². The lowest BCUT2D eigenvalue weighted by atomic mass is 10.0. The van der Waals surface area contributed by atoms with Gasteiger partial charge in [-0.1, -0.05) is 32.0 Å². The minimum Gasteiger partial charge on any atom is -0.441 e. The number of hydrogen-bond donors (Lipinski definition) is 1. The largest absolute Gasteiger partial charge is 0.441 e. The van der Waals surface area contributed by atoms with Crippen LogP contribution in [0.25, 0.3) is 16.8 Å². The van der Waals surface area contributed by atoms with Gasteiger partial charge < -0.3 is 9.73 Å². The molecule has 0 atom stereocenters. The van der Waals surface area contributed by atoms with Crippen molar-refractivity contribution >= 4 is 22.7 Å². The molecule has 0 bridgehead atoms. The first-order valence-electron chi connectivity index (χ1n) is 9.14. The van der Waals surface area contributed by atoms with Crippen molar-refractivity contribution in [1.82, 2.24) is 19.7 Å². The first-order valence-corrected chi connectivity index (χ1v) is 9.14. The van der Waals surface area contributed by atoms with Crippen LogP contribution in [0.3, 0.4) is 0 Å². The molecule has 2 heterocycles. The van der Waals surface area contributed by atoms with Crippen molar-refractivity contribution in [2.45, 2.75) is 33.6 Å². The molecule has 2 aromatic heterocycles. The van der Waals surface area contributed by atoms with Gasteiger partial charge in [0.15, 0.2) is 11.5 Å². The van der Waals surface area contributed by atoms with Crippen LogP contribution in [0, 0.1) is 13.8 Å². The Hall–Kier alpha value is -3.48. The van der Waals surface area contributed by atoms with E-state index in [0.29, 0.717) is 28.9 Å².